The molecule has 1 aromatic carbocycles. The maximum Gasteiger partial charge on any atom is 0.252 e. The van der Waals surface area contributed by atoms with E-state index in [-0.39, 0.29) is 6.04 Å². The molecule has 15 heavy (non-hydrogen) atoms. The molecule has 0 saturated carbocycles. The van der Waals surface area contributed by atoms with Gasteiger partial charge in [-0.2, -0.15) is 0 Å². The lowest BCUT2D eigenvalue weighted by atomic mass is 10.1. The zero-order chi connectivity index (χ0) is 11.4. The van der Waals surface area contributed by atoms with Crippen molar-refractivity contribution in [3.8, 4) is 5.75 Å². The first-order valence-electron chi connectivity index (χ1n) is 4.80. The average molecular weight is 208 g/mol. The highest BCUT2D eigenvalue weighted by Gasteiger charge is 2.12. The molecule has 0 bridgehead atoms. The standard InChI is InChI=1S/C11H16N2O2/c1-7-4-3-5-9(10(7)11(13)14)15-6-8(2)12/h3-5,8H,6,12H2,1-2H3,(H2,13,14). The molecule has 4 N–H and O–H groups in total. The molecule has 0 radical (unpaired) electrons. The topological polar surface area (TPSA) is 78.3 Å². The van der Waals surface area contributed by atoms with Crippen LogP contribution in [0.3, 0.4) is 0 Å². The van der Waals surface area contributed by atoms with Crippen LogP contribution in [0.25, 0.3) is 0 Å². The summed E-state index contributed by atoms with van der Waals surface area (Å²) < 4.78 is 5.41. The summed E-state index contributed by atoms with van der Waals surface area (Å²) in [4.78, 5) is 11.2. The highest BCUT2D eigenvalue weighted by Crippen LogP contribution is 2.21. The zero-order valence-electron chi connectivity index (χ0n) is 8.99. The Morgan fingerprint density at radius 1 is 1.53 bits per heavy atom. The van der Waals surface area contributed by atoms with E-state index in [2.05, 4.69) is 0 Å². The molecule has 1 amide bonds. The molecule has 0 saturated heterocycles. The van der Waals surface area contributed by atoms with E-state index in [0.29, 0.717) is 17.9 Å². The molecule has 0 heterocycles. The molecule has 1 aromatic rings. The maximum absolute atomic E-state index is 11.2. The smallest absolute Gasteiger partial charge is 0.252 e. The number of carbonyl (C=O) groups is 1. The number of ether oxygens (including phenoxy) is 1. The van der Waals surface area contributed by atoms with E-state index in [0.717, 1.165) is 5.56 Å². The molecule has 0 spiro atoms. The minimum atomic E-state index is -0.479. The number of benzene rings is 1. The van der Waals surface area contributed by atoms with Gasteiger partial charge in [-0.3, -0.25) is 4.79 Å². The van der Waals surface area contributed by atoms with Crippen LogP contribution in [0.1, 0.15) is 22.8 Å². The number of hydrogen-bond donors (Lipinski definition) is 2. The Hall–Kier alpha value is -1.55. The molecule has 0 aliphatic rings. The molecule has 4 heteroatoms. The first-order chi connectivity index (χ1) is 7.02. The van der Waals surface area contributed by atoms with Crippen LogP contribution < -0.4 is 16.2 Å². The lowest BCUT2D eigenvalue weighted by molar-refractivity contribution is 0.0995. The minimum absolute atomic E-state index is 0.0776. The van der Waals surface area contributed by atoms with Crippen molar-refractivity contribution in [3.63, 3.8) is 0 Å². The fourth-order valence-electron chi connectivity index (χ4n) is 1.30. The van der Waals surface area contributed by atoms with Gasteiger partial charge in [0.1, 0.15) is 12.4 Å². The second kappa shape index (κ2) is 4.79. The summed E-state index contributed by atoms with van der Waals surface area (Å²) in [7, 11) is 0. The molecular formula is C11H16N2O2. The molecule has 4 nitrogen and oxygen atoms in total. The van der Waals surface area contributed by atoms with E-state index in [1.165, 1.54) is 0 Å². The summed E-state index contributed by atoms with van der Waals surface area (Å²) in [5, 5.41) is 0. The summed E-state index contributed by atoms with van der Waals surface area (Å²) in [6, 6.07) is 5.28. The van der Waals surface area contributed by atoms with Gasteiger partial charge in [-0.05, 0) is 25.5 Å². The van der Waals surface area contributed by atoms with Gasteiger partial charge in [0, 0.05) is 6.04 Å². The van der Waals surface area contributed by atoms with Gasteiger partial charge in [-0.1, -0.05) is 12.1 Å². The molecule has 1 atom stereocenters. The Kier molecular flexibility index (Phi) is 3.68. The van der Waals surface area contributed by atoms with E-state index in [4.69, 9.17) is 16.2 Å². The summed E-state index contributed by atoms with van der Waals surface area (Å²) in [6.07, 6.45) is 0. The van der Waals surface area contributed by atoms with Crippen molar-refractivity contribution in [2.75, 3.05) is 6.61 Å². The van der Waals surface area contributed by atoms with Gasteiger partial charge >= 0.3 is 0 Å². The quantitative estimate of drug-likeness (QED) is 0.768. The van der Waals surface area contributed by atoms with Crippen LogP contribution in [-0.2, 0) is 0 Å². The van der Waals surface area contributed by atoms with Crippen molar-refractivity contribution in [1.29, 1.82) is 0 Å². The van der Waals surface area contributed by atoms with Crippen molar-refractivity contribution in [3.05, 3.63) is 29.3 Å². The minimum Gasteiger partial charge on any atom is -0.491 e. The third-order valence-electron chi connectivity index (χ3n) is 1.98. The van der Waals surface area contributed by atoms with Crippen LogP contribution in [0, 0.1) is 6.92 Å². The fraction of sp³-hybridized carbons (Fsp3) is 0.364. The monoisotopic (exact) mass is 208 g/mol. The van der Waals surface area contributed by atoms with Crippen molar-refractivity contribution in [1.82, 2.24) is 0 Å². The number of nitrogens with two attached hydrogens (primary N) is 2. The van der Waals surface area contributed by atoms with Gasteiger partial charge < -0.3 is 16.2 Å². The van der Waals surface area contributed by atoms with Crippen molar-refractivity contribution in [2.24, 2.45) is 11.5 Å². The average Bonchev–Trinajstić information content (AvgIpc) is 2.13. The second-order valence-corrected chi connectivity index (χ2v) is 3.60. The van der Waals surface area contributed by atoms with E-state index in [1.807, 2.05) is 26.0 Å². The van der Waals surface area contributed by atoms with E-state index in [1.54, 1.807) is 6.07 Å². The largest absolute Gasteiger partial charge is 0.491 e. The Morgan fingerprint density at radius 2 is 2.20 bits per heavy atom. The SMILES string of the molecule is Cc1cccc(OCC(C)N)c1C(N)=O. The Balaban J connectivity index is 2.96. The molecular weight excluding hydrogens is 192 g/mol. The maximum atomic E-state index is 11.2. The van der Waals surface area contributed by atoms with Crippen molar-refractivity contribution < 1.29 is 9.53 Å². The number of primary amides is 1. The van der Waals surface area contributed by atoms with Gasteiger partial charge in [-0.15, -0.1) is 0 Å². The number of hydrogen-bond acceptors (Lipinski definition) is 3. The Bertz CT molecular complexity index is 362. The zero-order valence-corrected chi connectivity index (χ0v) is 8.99. The summed E-state index contributed by atoms with van der Waals surface area (Å²) in [5.74, 6) is 0.0209. The van der Waals surface area contributed by atoms with Crippen LogP contribution in [0.5, 0.6) is 5.75 Å². The highest BCUT2D eigenvalue weighted by molar-refractivity contribution is 5.97. The van der Waals surface area contributed by atoms with Gasteiger partial charge in [0.2, 0.25) is 0 Å². The van der Waals surface area contributed by atoms with Crippen LogP contribution >= 0.6 is 0 Å². The molecule has 82 valence electrons. The number of aryl methyl sites for hydroxylation is 1. The second-order valence-electron chi connectivity index (χ2n) is 3.60. The summed E-state index contributed by atoms with van der Waals surface area (Å²) in [5.41, 5.74) is 12.1. The molecule has 0 aliphatic carbocycles. The predicted octanol–water partition coefficient (Wildman–Crippen LogP) is 0.820. The molecule has 1 unspecified atom stereocenters. The lowest BCUT2D eigenvalue weighted by Crippen LogP contribution is -2.25. The summed E-state index contributed by atoms with van der Waals surface area (Å²) >= 11 is 0. The van der Waals surface area contributed by atoms with Gasteiger partial charge in [0.05, 0.1) is 5.56 Å². The Morgan fingerprint density at radius 3 is 2.73 bits per heavy atom. The Labute approximate surface area is 89.2 Å². The van der Waals surface area contributed by atoms with E-state index < -0.39 is 5.91 Å². The van der Waals surface area contributed by atoms with Gasteiger partial charge in [-0.25, -0.2) is 0 Å². The number of rotatable bonds is 4. The predicted molar refractivity (Wildman–Crippen MR) is 58.8 cm³/mol. The van der Waals surface area contributed by atoms with Crippen LogP contribution in [-0.4, -0.2) is 18.6 Å². The first kappa shape index (κ1) is 11.5. The van der Waals surface area contributed by atoms with E-state index in [9.17, 15) is 4.79 Å². The number of carbonyl (C=O) groups excluding carboxylic acids is 1. The molecule has 0 aromatic heterocycles. The highest BCUT2D eigenvalue weighted by atomic mass is 16.5. The van der Waals surface area contributed by atoms with Crippen LogP contribution in [0.4, 0.5) is 0 Å². The first-order valence-corrected chi connectivity index (χ1v) is 4.80. The molecule has 0 aliphatic heterocycles. The van der Waals surface area contributed by atoms with Gasteiger partial charge in [0.15, 0.2) is 0 Å². The van der Waals surface area contributed by atoms with Crippen molar-refractivity contribution >= 4 is 5.91 Å². The third-order valence-corrected chi connectivity index (χ3v) is 1.98. The normalized spacial score (nSPS) is 12.2. The lowest BCUT2D eigenvalue weighted by Gasteiger charge is -2.12. The molecule has 0 fully saturated rings. The molecule has 1 rings (SSSR count). The van der Waals surface area contributed by atoms with Crippen molar-refractivity contribution in [2.45, 2.75) is 19.9 Å². The third kappa shape index (κ3) is 2.95. The van der Waals surface area contributed by atoms with Gasteiger partial charge in [0.25, 0.3) is 5.91 Å². The fourth-order valence-corrected chi connectivity index (χ4v) is 1.30. The number of amides is 1. The van der Waals surface area contributed by atoms with E-state index >= 15 is 0 Å². The van der Waals surface area contributed by atoms with Crippen LogP contribution in [0.15, 0.2) is 18.2 Å². The van der Waals surface area contributed by atoms with Crippen LogP contribution in [0.2, 0.25) is 0 Å². The summed E-state index contributed by atoms with van der Waals surface area (Å²) in [6.45, 7) is 4.02.